The van der Waals surface area contributed by atoms with Gasteiger partial charge in [0.15, 0.2) is 0 Å². The van der Waals surface area contributed by atoms with Crippen LogP contribution in [0, 0.1) is 17.0 Å². The number of hydrogen-bond donors (Lipinski definition) is 1. The molecule has 8 heteroatoms. The molecular formula is C11H12BrN5O2. The lowest BCUT2D eigenvalue weighted by molar-refractivity contribution is -0.384. The first-order valence-electron chi connectivity index (χ1n) is 5.50. The Labute approximate surface area is 117 Å². The molecule has 0 aliphatic carbocycles. The molecule has 0 saturated carbocycles. The Morgan fingerprint density at radius 3 is 2.79 bits per heavy atom. The number of nitro groups is 1. The molecule has 0 spiro atoms. The highest BCUT2D eigenvalue weighted by Crippen LogP contribution is 2.31. The van der Waals surface area contributed by atoms with Crippen molar-refractivity contribution in [2.24, 2.45) is 7.05 Å². The number of rotatable bonds is 4. The first kappa shape index (κ1) is 13.5. The number of aryl methyl sites for hydroxylation is 1. The molecule has 7 nitrogen and oxygen atoms in total. The monoisotopic (exact) mass is 325 g/mol. The van der Waals surface area contributed by atoms with E-state index in [1.54, 1.807) is 10.9 Å². The molecule has 0 aliphatic rings. The smallest absolute Gasteiger partial charge is 0.311 e. The van der Waals surface area contributed by atoms with Gasteiger partial charge in [-0.25, -0.2) is 0 Å². The van der Waals surface area contributed by atoms with Crippen LogP contribution in [0.25, 0.3) is 0 Å². The van der Waals surface area contributed by atoms with Crippen molar-refractivity contribution in [1.29, 1.82) is 0 Å². The number of nitrogens with zero attached hydrogens (tertiary/aromatic N) is 4. The van der Waals surface area contributed by atoms with Crippen LogP contribution in [0.3, 0.4) is 0 Å². The number of anilines is 1. The molecule has 0 atom stereocenters. The number of aromatic nitrogens is 3. The van der Waals surface area contributed by atoms with Crippen molar-refractivity contribution in [2.45, 2.75) is 13.5 Å². The molecule has 2 aromatic heterocycles. The van der Waals surface area contributed by atoms with Crippen LogP contribution < -0.4 is 5.32 Å². The molecule has 0 amide bonds. The highest BCUT2D eigenvalue weighted by Gasteiger charge is 2.17. The Hall–Kier alpha value is -1.96. The molecule has 0 aromatic carbocycles. The second-order valence-corrected chi connectivity index (χ2v) is 4.86. The van der Waals surface area contributed by atoms with Crippen molar-refractivity contribution in [3.05, 3.63) is 44.4 Å². The lowest BCUT2D eigenvalue weighted by Gasteiger charge is -2.08. The third-order valence-corrected chi connectivity index (χ3v) is 3.47. The van der Waals surface area contributed by atoms with Gasteiger partial charge in [-0.2, -0.15) is 5.10 Å². The van der Waals surface area contributed by atoms with Crippen LogP contribution in [-0.4, -0.2) is 19.7 Å². The van der Waals surface area contributed by atoms with Gasteiger partial charge in [0.1, 0.15) is 11.9 Å². The highest BCUT2D eigenvalue weighted by atomic mass is 79.9. The molecule has 0 aliphatic heterocycles. The quantitative estimate of drug-likeness (QED) is 0.689. The average Bonchev–Trinajstić information content (AvgIpc) is 2.68. The van der Waals surface area contributed by atoms with Gasteiger partial charge >= 0.3 is 5.69 Å². The molecule has 2 heterocycles. The molecule has 19 heavy (non-hydrogen) atoms. The van der Waals surface area contributed by atoms with E-state index in [2.05, 4.69) is 31.3 Å². The maximum atomic E-state index is 10.9. The summed E-state index contributed by atoms with van der Waals surface area (Å²) in [6.45, 7) is 2.41. The predicted molar refractivity (Wildman–Crippen MR) is 73.9 cm³/mol. The first-order valence-corrected chi connectivity index (χ1v) is 6.29. The summed E-state index contributed by atoms with van der Waals surface area (Å²) in [4.78, 5) is 14.3. The average molecular weight is 326 g/mol. The zero-order valence-electron chi connectivity index (χ0n) is 10.4. The van der Waals surface area contributed by atoms with E-state index in [1.165, 1.54) is 12.4 Å². The minimum Gasteiger partial charge on any atom is -0.374 e. The normalized spacial score (nSPS) is 10.5. The second kappa shape index (κ2) is 5.35. The summed E-state index contributed by atoms with van der Waals surface area (Å²) in [6, 6.07) is 0. The van der Waals surface area contributed by atoms with E-state index in [0.717, 1.165) is 11.3 Å². The highest BCUT2D eigenvalue weighted by molar-refractivity contribution is 9.10. The Kier molecular flexibility index (Phi) is 3.79. The molecule has 0 bridgehead atoms. The van der Waals surface area contributed by atoms with E-state index >= 15 is 0 Å². The Bertz CT molecular complexity index is 626. The fraction of sp³-hybridized carbons (Fsp3) is 0.273. The van der Waals surface area contributed by atoms with Gasteiger partial charge in [-0.05, 0) is 22.9 Å². The van der Waals surface area contributed by atoms with Crippen LogP contribution in [0.4, 0.5) is 11.4 Å². The van der Waals surface area contributed by atoms with E-state index < -0.39 is 4.92 Å². The lowest BCUT2D eigenvalue weighted by atomic mass is 10.2. The predicted octanol–water partition coefficient (Wildman–Crippen LogP) is 2.41. The maximum absolute atomic E-state index is 10.9. The summed E-state index contributed by atoms with van der Waals surface area (Å²) in [5, 5.41) is 18.1. The molecule has 0 saturated heterocycles. The van der Waals surface area contributed by atoms with Crippen LogP contribution in [0.1, 0.15) is 11.3 Å². The number of pyridine rings is 1. The molecule has 0 fully saturated rings. The van der Waals surface area contributed by atoms with Crippen molar-refractivity contribution in [3.8, 4) is 0 Å². The third kappa shape index (κ3) is 2.73. The third-order valence-electron chi connectivity index (χ3n) is 2.87. The Balaban J connectivity index is 2.24. The van der Waals surface area contributed by atoms with Crippen LogP contribution >= 0.6 is 15.9 Å². The zero-order chi connectivity index (χ0) is 14.0. The largest absolute Gasteiger partial charge is 0.374 e. The topological polar surface area (TPSA) is 85.9 Å². The van der Waals surface area contributed by atoms with Gasteiger partial charge in [-0.3, -0.25) is 19.8 Å². The lowest BCUT2D eigenvalue weighted by Crippen LogP contribution is -2.05. The second-order valence-electron chi connectivity index (χ2n) is 4.00. The fourth-order valence-corrected chi connectivity index (χ4v) is 2.10. The summed E-state index contributed by atoms with van der Waals surface area (Å²) in [7, 11) is 1.85. The SMILES string of the molecule is Cc1c(CNc2c(Br)cncc2[N+](=O)[O-])cnn1C. The van der Waals surface area contributed by atoms with Crippen molar-refractivity contribution in [1.82, 2.24) is 14.8 Å². The molecule has 0 radical (unpaired) electrons. The summed E-state index contributed by atoms with van der Waals surface area (Å²) >= 11 is 3.26. The zero-order valence-corrected chi connectivity index (χ0v) is 12.0. The van der Waals surface area contributed by atoms with Gasteiger partial charge in [0.2, 0.25) is 0 Å². The summed E-state index contributed by atoms with van der Waals surface area (Å²) in [5.41, 5.74) is 2.36. The van der Waals surface area contributed by atoms with E-state index in [9.17, 15) is 10.1 Å². The number of halogens is 1. The van der Waals surface area contributed by atoms with E-state index in [1.807, 2.05) is 14.0 Å². The molecule has 1 N–H and O–H groups in total. The Morgan fingerprint density at radius 2 is 2.21 bits per heavy atom. The van der Waals surface area contributed by atoms with Gasteiger partial charge in [0.05, 0.1) is 15.6 Å². The van der Waals surface area contributed by atoms with Crippen molar-refractivity contribution < 1.29 is 4.92 Å². The van der Waals surface area contributed by atoms with Gasteiger partial charge in [0, 0.05) is 31.0 Å². The molecular weight excluding hydrogens is 314 g/mol. The fourth-order valence-electron chi connectivity index (χ4n) is 1.64. The van der Waals surface area contributed by atoms with E-state index in [0.29, 0.717) is 16.7 Å². The Morgan fingerprint density at radius 1 is 1.47 bits per heavy atom. The minimum absolute atomic E-state index is 0.0593. The van der Waals surface area contributed by atoms with Crippen LogP contribution in [0.2, 0.25) is 0 Å². The van der Waals surface area contributed by atoms with Gasteiger partial charge < -0.3 is 5.32 Å². The van der Waals surface area contributed by atoms with Gasteiger partial charge in [-0.1, -0.05) is 0 Å². The van der Waals surface area contributed by atoms with Crippen molar-refractivity contribution in [3.63, 3.8) is 0 Å². The number of hydrogen-bond acceptors (Lipinski definition) is 5. The van der Waals surface area contributed by atoms with Crippen LogP contribution in [0.15, 0.2) is 23.1 Å². The van der Waals surface area contributed by atoms with Gasteiger partial charge in [0.25, 0.3) is 0 Å². The molecule has 0 unspecified atom stereocenters. The first-order chi connectivity index (χ1) is 9.00. The summed E-state index contributed by atoms with van der Waals surface area (Å²) in [5.74, 6) is 0. The van der Waals surface area contributed by atoms with E-state index in [-0.39, 0.29) is 5.69 Å². The molecule has 2 aromatic rings. The van der Waals surface area contributed by atoms with Crippen molar-refractivity contribution in [2.75, 3.05) is 5.32 Å². The summed E-state index contributed by atoms with van der Waals surface area (Å²) < 4.78 is 2.32. The van der Waals surface area contributed by atoms with Crippen molar-refractivity contribution >= 4 is 27.3 Å². The standard InChI is InChI=1S/C11H12BrN5O2/c1-7-8(4-15-16(7)2)3-14-11-9(12)5-13-6-10(11)17(18)19/h4-6H,3H2,1-2H3,(H,13,14). The van der Waals surface area contributed by atoms with Crippen LogP contribution in [-0.2, 0) is 13.6 Å². The molecule has 2 rings (SSSR count). The molecule has 100 valence electrons. The summed E-state index contributed by atoms with van der Waals surface area (Å²) in [6.07, 6.45) is 4.48. The van der Waals surface area contributed by atoms with Crippen LogP contribution in [0.5, 0.6) is 0 Å². The maximum Gasteiger partial charge on any atom is 0.311 e. The minimum atomic E-state index is -0.462. The number of nitrogens with one attached hydrogen (secondary N) is 1. The van der Waals surface area contributed by atoms with Gasteiger partial charge in [-0.15, -0.1) is 0 Å². The van der Waals surface area contributed by atoms with E-state index in [4.69, 9.17) is 0 Å².